The third kappa shape index (κ3) is 2.21. The van der Waals surface area contributed by atoms with Crippen LogP contribution in [0.25, 0.3) is 0 Å². The molecule has 0 radical (unpaired) electrons. The second-order valence-electron chi connectivity index (χ2n) is 3.69. The van der Waals surface area contributed by atoms with E-state index in [1.165, 1.54) is 32.1 Å². The molecule has 3 atom stereocenters. The smallest absolute Gasteiger partial charge is 0.0174 e. The van der Waals surface area contributed by atoms with Crippen molar-refractivity contribution in [2.24, 2.45) is 11.8 Å². The van der Waals surface area contributed by atoms with E-state index in [1.807, 2.05) is 0 Å². The fraction of sp³-hybridized carbons (Fsp3) is 1.00. The van der Waals surface area contributed by atoms with Crippen LogP contribution in [0.3, 0.4) is 0 Å². The van der Waals surface area contributed by atoms with E-state index in [4.69, 9.17) is 0 Å². The van der Waals surface area contributed by atoms with Crippen LogP contribution in [0.2, 0.25) is 0 Å². The third-order valence-electron chi connectivity index (χ3n) is 3.10. The van der Waals surface area contributed by atoms with E-state index in [9.17, 15) is 0 Å². The number of halogens is 1. The minimum atomic E-state index is 0.787. The van der Waals surface area contributed by atoms with Crippen molar-refractivity contribution in [2.45, 2.75) is 50.8 Å². The number of rotatable bonds is 3. The molecule has 1 aliphatic rings. The van der Waals surface area contributed by atoms with E-state index < -0.39 is 0 Å². The SMILES string of the molecule is CCC(Br)C1CCCC1CC. The predicted octanol–water partition coefficient (Wildman–Crippen LogP) is 3.99. The summed E-state index contributed by atoms with van der Waals surface area (Å²) < 4.78 is 0. The molecule has 0 bridgehead atoms. The van der Waals surface area contributed by atoms with Gasteiger partial charge in [-0.2, -0.15) is 0 Å². The summed E-state index contributed by atoms with van der Waals surface area (Å²) in [6, 6.07) is 0. The van der Waals surface area contributed by atoms with Crippen molar-refractivity contribution < 1.29 is 0 Å². The highest BCUT2D eigenvalue weighted by atomic mass is 79.9. The molecular formula is C10H19Br. The molecule has 1 fully saturated rings. The van der Waals surface area contributed by atoms with Crippen molar-refractivity contribution in [3.05, 3.63) is 0 Å². The molecule has 0 aromatic carbocycles. The van der Waals surface area contributed by atoms with Gasteiger partial charge in [0.25, 0.3) is 0 Å². The molecule has 0 aliphatic heterocycles. The summed E-state index contributed by atoms with van der Waals surface area (Å²) in [5.41, 5.74) is 0. The van der Waals surface area contributed by atoms with Crippen LogP contribution in [0.5, 0.6) is 0 Å². The maximum absolute atomic E-state index is 3.78. The number of hydrogen-bond acceptors (Lipinski definition) is 0. The Morgan fingerprint density at radius 2 is 2.09 bits per heavy atom. The molecule has 3 unspecified atom stereocenters. The Hall–Kier alpha value is 0.480. The van der Waals surface area contributed by atoms with Gasteiger partial charge in [0, 0.05) is 4.83 Å². The van der Waals surface area contributed by atoms with Gasteiger partial charge >= 0.3 is 0 Å². The summed E-state index contributed by atoms with van der Waals surface area (Å²) in [5.74, 6) is 1.99. The molecule has 0 nitrogen and oxygen atoms in total. The lowest BCUT2D eigenvalue weighted by atomic mass is 9.90. The molecule has 0 saturated heterocycles. The molecule has 0 amide bonds. The lowest BCUT2D eigenvalue weighted by molar-refractivity contribution is 0.365. The van der Waals surface area contributed by atoms with Gasteiger partial charge in [-0.3, -0.25) is 0 Å². The highest BCUT2D eigenvalue weighted by molar-refractivity contribution is 9.09. The van der Waals surface area contributed by atoms with Gasteiger partial charge in [0.05, 0.1) is 0 Å². The Morgan fingerprint density at radius 3 is 2.64 bits per heavy atom. The molecule has 1 aliphatic carbocycles. The molecule has 0 aromatic heterocycles. The average Bonchev–Trinajstić information content (AvgIpc) is 2.50. The highest BCUT2D eigenvalue weighted by Crippen LogP contribution is 2.39. The maximum atomic E-state index is 3.78. The van der Waals surface area contributed by atoms with Crippen molar-refractivity contribution in [3.8, 4) is 0 Å². The Kier molecular flexibility index (Phi) is 3.91. The fourth-order valence-electron chi connectivity index (χ4n) is 2.35. The normalized spacial score (nSPS) is 34.1. The van der Waals surface area contributed by atoms with Gasteiger partial charge in [-0.25, -0.2) is 0 Å². The monoisotopic (exact) mass is 218 g/mol. The lowest BCUT2D eigenvalue weighted by Gasteiger charge is -2.22. The Labute approximate surface area is 78.9 Å². The lowest BCUT2D eigenvalue weighted by Crippen LogP contribution is -2.17. The molecule has 0 spiro atoms. The molecule has 11 heavy (non-hydrogen) atoms. The van der Waals surface area contributed by atoms with E-state index in [2.05, 4.69) is 29.8 Å². The molecule has 0 N–H and O–H groups in total. The first-order valence-electron chi connectivity index (χ1n) is 4.93. The summed E-state index contributed by atoms with van der Waals surface area (Å²) in [6.45, 7) is 4.61. The first kappa shape index (κ1) is 9.57. The van der Waals surface area contributed by atoms with Crippen molar-refractivity contribution >= 4 is 15.9 Å². The molecule has 0 heterocycles. The van der Waals surface area contributed by atoms with Gasteiger partial charge in [-0.15, -0.1) is 0 Å². The van der Waals surface area contributed by atoms with Crippen LogP contribution in [0, 0.1) is 11.8 Å². The zero-order valence-corrected chi connectivity index (χ0v) is 9.23. The second-order valence-corrected chi connectivity index (χ2v) is 4.86. The topological polar surface area (TPSA) is 0 Å². The Morgan fingerprint density at radius 1 is 1.36 bits per heavy atom. The number of hydrogen-bond donors (Lipinski definition) is 0. The summed E-state index contributed by atoms with van der Waals surface area (Å²) in [5, 5.41) is 0. The largest absolute Gasteiger partial charge is 0.0888 e. The first-order chi connectivity index (χ1) is 5.29. The zero-order chi connectivity index (χ0) is 8.27. The van der Waals surface area contributed by atoms with Crippen molar-refractivity contribution in [3.63, 3.8) is 0 Å². The Bertz CT molecular complexity index is 111. The Balaban J connectivity index is 2.42. The second kappa shape index (κ2) is 4.49. The molecule has 0 aromatic rings. The molecule has 1 heteroatoms. The van der Waals surface area contributed by atoms with Crippen LogP contribution in [0.4, 0.5) is 0 Å². The van der Waals surface area contributed by atoms with E-state index >= 15 is 0 Å². The van der Waals surface area contributed by atoms with Gasteiger partial charge in [0.2, 0.25) is 0 Å². The van der Waals surface area contributed by atoms with Crippen molar-refractivity contribution in [2.75, 3.05) is 0 Å². The van der Waals surface area contributed by atoms with Crippen LogP contribution in [-0.4, -0.2) is 4.83 Å². The van der Waals surface area contributed by atoms with Crippen LogP contribution in [-0.2, 0) is 0 Å². The van der Waals surface area contributed by atoms with Crippen LogP contribution in [0.1, 0.15) is 46.0 Å². The molecular weight excluding hydrogens is 200 g/mol. The van der Waals surface area contributed by atoms with Crippen LogP contribution in [0.15, 0.2) is 0 Å². The van der Waals surface area contributed by atoms with Crippen LogP contribution < -0.4 is 0 Å². The molecule has 1 rings (SSSR count). The fourth-order valence-corrected chi connectivity index (χ4v) is 3.05. The maximum Gasteiger partial charge on any atom is 0.0174 e. The number of alkyl halides is 1. The minimum Gasteiger partial charge on any atom is -0.0888 e. The summed E-state index contributed by atoms with van der Waals surface area (Å²) in [7, 11) is 0. The zero-order valence-electron chi connectivity index (χ0n) is 7.65. The molecule has 66 valence electrons. The van der Waals surface area contributed by atoms with E-state index in [0.29, 0.717) is 0 Å². The quantitative estimate of drug-likeness (QED) is 0.629. The van der Waals surface area contributed by atoms with Gasteiger partial charge in [0.15, 0.2) is 0 Å². The van der Waals surface area contributed by atoms with E-state index in [0.717, 1.165) is 16.7 Å². The summed E-state index contributed by atoms with van der Waals surface area (Å²) in [4.78, 5) is 0.787. The van der Waals surface area contributed by atoms with E-state index in [-0.39, 0.29) is 0 Å². The first-order valence-corrected chi connectivity index (χ1v) is 5.85. The highest BCUT2D eigenvalue weighted by Gasteiger charge is 2.29. The molecule has 1 saturated carbocycles. The van der Waals surface area contributed by atoms with Crippen molar-refractivity contribution in [1.82, 2.24) is 0 Å². The van der Waals surface area contributed by atoms with Gasteiger partial charge in [0.1, 0.15) is 0 Å². The van der Waals surface area contributed by atoms with Gasteiger partial charge in [-0.05, 0) is 24.7 Å². The minimum absolute atomic E-state index is 0.787. The summed E-state index contributed by atoms with van der Waals surface area (Å²) >= 11 is 3.78. The predicted molar refractivity (Wildman–Crippen MR) is 54.1 cm³/mol. The standard InChI is InChI=1S/C10H19Br/c1-3-8-6-5-7-9(8)10(11)4-2/h8-10H,3-7H2,1-2H3. The third-order valence-corrected chi connectivity index (χ3v) is 4.42. The van der Waals surface area contributed by atoms with Gasteiger partial charge in [-0.1, -0.05) is 49.0 Å². The van der Waals surface area contributed by atoms with Gasteiger partial charge < -0.3 is 0 Å². The van der Waals surface area contributed by atoms with Crippen LogP contribution >= 0.6 is 15.9 Å². The van der Waals surface area contributed by atoms with E-state index in [1.54, 1.807) is 0 Å². The summed E-state index contributed by atoms with van der Waals surface area (Å²) in [6.07, 6.45) is 7.07. The van der Waals surface area contributed by atoms with Crippen molar-refractivity contribution in [1.29, 1.82) is 0 Å². The average molecular weight is 219 g/mol.